The van der Waals surface area contributed by atoms with Crippen molar-refractivity contribution in [2.24, 2.45) is 11.7 Å². The van der Waals surface area contributed by atoms with Gasteiger partial charge in [-0.25, -0.2) is 4.39 Å². The Bertz CT molecular complexity index is 384. The van der Waals surface area contributed by atoms with E-state index in [2.05, 4.69) is 0 Å². The molecule has 2 unspecified atom stereocenters. The molecule has 2 atom stereocenters. The van der Waals surface area contributed by atoms with Crippen LogP contribution in [0.25, 0.3) is 0 Å². The molecule has 0 saturated heterocycles. The van der Waals surface area contributed by atoms with E-state index in [0.29, 0.717) is 5.92 Å². The Balaban J connectivity index is 1.80. The van der Waals surface area contributed by atoms with Crippen molar-refractivity contribution in [2.45, 2.75) is 36.1 Å². The van der Waals surface area contributed by atoms with Crippen molar-refractivity contribution in [1.82, 2.24) is 0 Å². The van der Waals surface area contributed by atoms with E-state index < -0.39 is 0 Å². The summed E-state index contributed by atoms with van der Waals surface area (Å²) >= 11 is 1.72. The maximum absolute atomic E-state index is 12.7. The van der Waals surface area contributed by atoms with Crippen LogP contribution < -0.4 is 5.73 Å². The fourth-order valence-electron chi connectivity index (χ4n) is 2.66. The van der Waals surface area contributed by atoms with Gasteiger partial charge in [0.05, 0.1) is 6.61 Å². The molecule has 100 valence electrons. The van der Waals surface area contributed by atoms with Crippen LogP contribution in [0.1, 0.15) is 25.7 Å². The van der Waals surface area contributed by atoms with Crippen LogP contribution in [0.4, 0.5) is 4.39 Å². The number of aliphatic hydroxyl groups is 1. The van der Waals surface area contributed by atoms with Crippen molar-refractivity contribution < 1.29 is 9.50 Å². The van der Waals surface area contributed by atoms with Crippen molar-refractivity contribution >= 4 is 11.8 Å². The predicted octanol–water partition coefficient (Wildman–Crippen LogP) is 2.80. The van der Waals surface area contributed by atoms with Gasteiger partial charge in [0.15, 0.2) is 0 Å². The molecule has 2 rings (SSSR count). The molecule has 0 heterocycles. The van der Waals surface area contributed by atoms with E-state index in [4.69, 9.17) is 5.73 Å². The second-order valence-corrected chi connectivity index (χ2v) is 6.24. The zero-order chi connectivity index (χ0) is 13.0. The average Bonchev–Trinajstić information content (AvgIpc) is 2.74. The Kier molecular flexibility index (Phi) is 4.65. The first-order chi connectivity index (χ1) is 8.64. The fraction of sp³-hybridized carbons (Fsp3) is 0.571. The summed E-state index contributed by atoms with van der Waals surface area (Å²) in [5.74, 6) is 1.18. The van der Waals surface area contributed by atoms with E-state index in [0.717, 1.165) is 36.3 Å². The summed E-state index contributed by atoms with van der Waals surface area (Å²) in [7, 11) is 0. The number of thioether (sulfide) groups is 1. The lowest BCUT2D eigenvalue weighted by atomic mass is 9.87. The van der Waals surface area contributed by atoms with Crippen LogP contribution in [0.5, 0.6) is 0 Å². The van der Waals surface area contributed by atoms with Gasteiger partial charge in [0, 0.05) is 10.4 Å². The Morgan fingerprint density at radius 1 is 1.39 bits per heavy atom. The van der Waals surface area contributed by atoms with Gasteiger partial charge in [-0.1, -0.05) is 6.42 Å². The normalized spacial score (nSPS) is 27.6. The highest BCUT2D eigenvalue weighted by Crippen LogP contribution is 2.37. The lowest BCUT2D eigenvalue weighted by molar-refractivity contribution is 0.158. The van der Waals surface area contributed by atoms with Crippen LogP contribution in [0.3, 0.4) is 0 Å². The minimum atomic E-state index is -0.372. The van der Waals surface area contributed by atoms with Crippen LogP contribution in [0, 0.1) is 11.7 Å². The summed E-state index contributed by atoms with van der Waals surface area (Å²) in [6, 6.07) is 6.57. The number of halogens is 1. The van der Waals surface area contributed by atoms with Gasteiger partial charge in [0.25, 0.3) is 0 Å². The Morgan fingerprint density at radius 3 is 2.78 bits per heavy atom. The van der Waals surface area contributed by atoms with E-state index in [9.17, 15) is 9.50 Å². The molecule has 1 aromatic carbocycles. The molecule has 1 fully saturated rings. The van der Waals surface area contributed by atoms with Gasteiger partial charge in [-0.05, 0) is 55.2 Å². The Hall–Kier alpha value is -0.580. The molecule has 0 aliphatic heterocycles. The third kappa shape index (κ3) is 3.25. The minimum absolute atomic E-state index is 0.0822. The molecule has 1 aliphatic carbocycles. The first kappa shape index (κ1) is 13.8. The highest BCUT2D eigenvalue weighted by Gasteiger charge is 2.38. The average molecular weight is 269 g/mol. The molecule has 0 spiro atoms. The molecular formula is C14H20FNOS. The molecule has 3 N–H and O–H groups in total. The van der Waals surface area contributed by atoms with Gasteiger partial charge >= 0.3 is 0 Å². The fourth-order valence-corrected chi connectivity index (χ4v) is 3.63. The summed E-state index contributed by atoms with van der Waals surface area (Å²) in [5.41, 5.74) is 5.82. The topological polar surface area (TPSA) is 46.2 Å². The highest BCUT2D eigenvalue weighted by molar-refractivity contribution is 7.99. The quantitative estimate of drug-likeness (QED) is 0.808. The maximum Gasteiger partial charge on any atom is 0.123 e. The number of hydrogen-bond acceptors (Lipinski definition) is 3. The maximum atomic E-state index is 12.7. The Labute approximate surface area is 112 Å². The zero-order valence-electron chi connectivity index (χ0n) is 10.4. The third-order valence-corrected chi connectivity index (χ3v) is 4.90. The van der Waals surface area contributed by atoms with Crippen molar-refractivity contribution in [2.75, 3.05) is 12.4 Å². The number of nitrogens with two attached hydrogens (primary N) is 1. The molecular weight excluding hydrogens is 249 g/mol. The third-order valence-electron chi connectivity index (χ3n) is 3.85. The standard InChI is InChI=1S/C14H20FNOS/c15-12-3-5-13(6-4-12)18-9-7-11-2-1-8-14(11,16)10-17/h3-6,11,17H,1-2,7-10,16H2. The molecule has 0 amide bonds. The van der Waals surface area contributed by atoms with Crippen LogP contribution in [0.15, 0.2) is 29.2 Å². The summed E-state index contributed by atoms with van der Waals surface area (Å²) in [5, 5.41) is 9.37. The molecule has 4 heteroatoms. The Morgan fingerprint density at radius 2 is 2.11 bits per heavy atom. The van der Waals surface area contributed by atoms with E-state index >= 15 is 0 Å². The predicted molar refractivity (Wildman–Crippen MR) is 73.1 cm³/mol. The molecule has 0 bridgehead atoms. The minimum Gasteiger partial charge on any atom is -0.394 e. The molecule has 0 radical (unpaired) electrons. The SMILES string of the molecule is NC1(CO)CCCC1CCSc1ccc(F)cc1. The summed E-state index contributed by atoms with van der Waals surface area (Å²) in [6.07, 6.45) is 4.17. The lowest BCUT2D eigenvalue weighted by Gasteiger charge is -2.29. The number of rotatable bonds is 5. The summed E-state index contributed by atoms with van der Waals surface area (Å²) < 4.78 is 12.7. The van der Waals surface area contributed by atoms with Crippen molar-refractivity contribution in [1.29, 1.82) is 0 Å². The summed E-state index contributed by atoms with van der Waals surface area (Å²) in [6.45, 7) is 0.0822. The molecule has 1 aliphatic rings. The van der Waals surface area contributed by atoms with Crippen molar-refractivity contribution in [3.8, 4) is 0 Å². The van der Waals surface area contributed by atoms with Crippen LogP contribution in [-0.2, 0) is 0 Å². The van der Waals surface area contributed by atoms with Crippen LogP contribution >= 0.6 is 11.8 Å². The monoisotopic (exact) mass is 269 g/mol. The molecule has 2 nitrogen and oxygen atoms in total. The van der Waals surface area contributed by atoms with E-state index in [-0.39, 0.29) is 18.0 Å². The van der Waals surface area contributed by atoms with Crippen LogP contribution in [0.2, 0.25) is 0 Å². The number of hydrogen-bond donors (Lipinski definition) is 2. The van der Waals surface area contributed by atoms with Gasteiger partial charge in [0.1, 0.15) is 5.82 Å². The van der Waals surface area contributed by atoms with Gasteiger partial charge < -0.3 is 10.8 Å². The van der Waals surface area contributed by atoms with Gasteiger partial charge in [-0.15, -0.1) is 11.8 Å². The second-order valence-electron chi connectivity index (χ2n) is 5.07. The first-order valence-electron chi connectivity index (χ1n) is 6.42. The van der Waals surface area contributed by atoms with E-state index in [1.807, 2.05) is 0 Å². The van der Waals surface area contributed by atoms with Gasteiger partial charge in [-0.3, -0.25) is 0 Å². The van der Waals surface area contributed by atoms with E-state index in [1.54, 1.807) is 23.9 Å². The first-order valence-corrected chi connectivity index (χ1v) is 7.41. The van der Waals surface area contributed by atoms with Crippen LogP contribution in [-0.4, -0.2) is 23.0 Å². The zero-order valence-corrected chi connectivity index (χ0v) is 11.3. The van der Waals surface area contributed by atoms with Crippen molar-refractivity contribution in [3.63, 3.8) is 0 Å². The highest BCUT2D eigenvalue weighted by atomic mass is 32.2. The van der Waals surface area contributed by atoms with Gasteiger partial charge in [-0.2, -0.15) is 0 Å². The molecule has 18 heavy (non-hydrogen) atoms. The lowest BCUT2D eigenvalue weighted by Crippen LogP contribution is -2.47. The molecule has 1 saturated carbocycles. The molecule has 0 aromatic heterocycles. The number of aliphatic hydroxyl groups excluding tert-OH is 1. The van der Waals surface area contributed by atoms with Crippen molar-refractivity contribution in [3.05, 3.63) is 30.1 Å². The van der Waals surface area contributed by atoms with E-state index in [1.165, 1.54) is 12.1 Å². The number of benzene rings is 1. The molecule has 1 aromatic rings. The smallest absolute Gasteiger partial charge is 0.123 e. The summed E-state index contributed by atoms with van der Waals surface area (Å²) in [4.78, 5) is 1.08. The van der Waals surface area contributed by atoms with Gasteiger partial charge in [0.2, 0.25) is 0 Å². The second kappa shape index (κ2) is 6.04. The largest absolute Gasteiger partial charge is 0.394 e.